The Balaban J connectivity index is 2.83. The average Bonchev–Trinajstić information content (AvgIpc) is 2.12. The molecule has 1 rings (SSSR count). The first-order valence-electron chi connectivity index (χ1n) is 4.15. The minimum Gasteiger partial charge on any atom is -0.396 e. The molecule has 0 saturated heterocycles. The van der Waals surface area contributed by atoms with Crippen molar-refractivity contribution in [2.45, 2.75) is 13.0 Å². The van der Waals surface area contributed by atoms with E-state index in [0.29, 0.717) is 12.0 Å². The van der Waals surface area contributed by atoms with Crippen LogP contribution in [0.4, 0.5) is 4.39 Å². The fourth-order valence-corrected chi connectivity index (χ4v) is 1.18. The largest absolute Gasteiger partial charge is 0.396 e. The van der Waals surface area contributed by atoms with E-state index < -0.39 is 0 Å². The van der Waals surface area contributed by atoms with Gasteiger partial charge in [-0.1, -0.05) is 12.1 Å². The van der Waals surface area contributed by atoms with Crippen molar-refractivity contribution in [1.29, 1.82) is 0 Å². The van der Waals surface area contributed by atoms with Gasteiger partial charge in [0.1, 0.15) is 5.82 Å². The lowest BCUT2D eigenvalue weighted by molar-refractivity contribution is 0.181. The molecule has 0 amide bonds. The quantitative estimate of drug-likeness (QED) is 0.768. The van der Waals surface area contributed by atoms with Gasteiger partial charge in [-0.2, -0.15) is 0 Å². The van der Waals surface area contributed by atoms with E-state index in [2.05, 4.69) is 0 Å². The number of hydrogen-bond acceptors (Lipinski definition) is 2. The second kappa shape index (κ2) is 4.94. The fraction of sp³-hybridized carbons (Fsp3) is 0.400. The molecule has 3 heteroatoms. The molecule has 0 aromatic heterocycles. The molecule has 2 nitrogen and oxygen atoms in total. The van der Waals surface area contributed by atoms with Crippen molar-refractivity contribution >= 4 is 0 Å². The summed E-state index contributed by atoms with van der Waals surface area (Å²) in [6.07, 6.45) is 0.553. The summed E-state index contributed by atoms with van der Waals surface area (Å²) in [6.45, 7) is 0.350. The van der Waals surface area contributed by atoms with Gasteiger partial charge in [0, 0.05) is 19.3 Å². The van der Waals surface area contributed by atoms with Crippen LogP contribution in [0.1, 0.15) is 11.1 Å². The number of hydrogen-bond donors (Lipinski definition) is 1. The Labute approximate surface area is 77.0 Å². The summed E-state index contributed by atoms with van der Waals surface area (Å²) in [5.74, 6) is -0.261. The topological polar surface area (TPSA) is 29.5 Å². The maximum atomic E-state index is 13.1. The summed E-state index contributed by atoms with van der Waals surface area (Å²) in [7, 11) is 1.53. The third-order valence-corrected chi connectivity index (χ3v) is 1.81. The van der Waals surface area contributed by atoms with E-state index in [1.807, 2.05) is 0 Å². The second-order valence-corrected chi connectivity index (χ2v) is 2.83. The minimum absolute atomic E-state index is 0.0814. The third-order valence-electron chi connectivity index (χ3n) is 1.81. The lowest BCUT2D eigenvalue weighted by Gasteiger charge is -2.04. The smallest absolute Gasteiger partial charge is 0.128 e. The van der Waals surface area contributed by atoms with Crippen LogP contribution < -0.4 is 0 Å². The normalized spacial score (nSPS) is 10.4. The van der Waals surface area contributed by atoms with E-state index >= 15 is 0 Å². The molecule has 72 valence electrons. The highest BCUT2D eigenvalue weighted by Crippen LogP contribution is 2.11. The van der Waals surface area contributed by atoms with Crippen LogP contribution in [0.5, 0.6) is 0 Å². The zero-order valence-electron chi connectivity index (χ0n) is 7.59. The van der Waals surface area contributed by atoms with E-state index in [9.17, 15) is 4.39 Å². The highest BCUT2D eigenvalue weighted by molar-refractivity contribution is 5.24. The molecule has 1 N–H and O–H groups in total. The number of rotatable bonds is 4. The lowest BCUT2D eigenvalue weighted by atomic mass is 10.1. The predicted molar refractivity (Wildman–Crippen MR) is 47.9 cm³/mol. The molecule has 0 atom stereocenters. The van der Waals surface area contributed by atoms with E-state index in [1.54, 1.807) is 12.1 Å². The van der Waals surface area contributed by atoms with Crippen LogP contribution in [0.25, 0.3) is 0 Å². The van der Waals surface area contributed by atoms with Crippen molar-refractivity contribution in [1.82, 2.24) is 0 Å². The van der Waals surface area contributed by atoms with E-state index in [4.69, 9.17) is 9.84 Å². The maximum Gasteiger partial charge on any atom is 0.128 e. The molecule has 13 heavy (non-hydrogen) atoms. The van der Waals surface area contributed by atoms with Gasteiger partial charge >= 0.3 is 0 Å². The molecule has 0 radical (unpaired) electrons. The van der Waals surface area contributed by atoms with Crippen LogP contribution >= 0.6 is 0 Å². The Kier molecular flexibility index (Phi) is 3.86. The van der Waals surface area contributed by atoms with E-state index in [0.717, 1.165) is 5.56 Å². The number of aliphatic hydroxyl groups is 1. The van der Waals surface area contributed by atoms with Gasteiger partial charge in [0.25, 0.3) is 0 Å². The fourth-order valence-electron chi connectivity index (χ4n) is 1.18. The van der Waals surface area contributed by atoms with Crippen molar-refractivity contribution in [3.63, 3.8) is 0 Å². The molecule has 0 aliphatic heterocycles. The van der Waals surface area contributed by atoms with Crippen molar-refractivity contribution in [2.75, 3.05) is 13.7 Å². The number of methoxy groups -OCH3 is 1. The first kappa shape index (κ1) is 10.2. The van der Waals surface area contributed by atoms with Crippen LogP contribution in [0.2, 0.25) is 0 Å². The SMILES string of the molecule is COCc1cc(CCO)ccc1F. The zero-order valence-corrected chi connectivity index (χ0v) is 7.59. The summed E-state index contributed by atoms with van der Waals surface area (Å²) in [6, 6.07) is 4.79. The van der Waals surface area contributed by atoms with Crippen molar-refractivity contribution in [3.8, 4) is 0 Å². The highest BCUT2D eigenvalue weighted by atomic mass is 19.1. The zero-order chi connectivity index (χ0) is 9.68. The molecular weight excluding hydrogens is 171 g/mol. The van der Waals surface area contributed by atoms with Gasteiger partial charge < -0.3 is 9.84 Å². The van der Waals surface area contributed by atoms with Crippen LogP contribution in [0.15, 0.2) is 18.2 Å². The average molecular weight is 184 g/mol. The number of aliphatic hydroxyl groups excluding tert-OH is 1. The number of benzene rings is 1. The molecule has 0 aliphatic rings. The van der Waals surface area contributed by atoms with Crippen LogP contribution in [-0.2, 0) is 17.8 Å². The molecule has 1 aromatic rings. The first-order chi connectivity index (χ1) is 6.27. The molecule has 0 unspecified atom stereocenters. The van der Waals surface area contributed by atoms with Gasteiger partial charge in [0.15, 0.2) is 0 Å². The standard InChI is InChI=1S/C10H13FO2/c1-13-7-9-6-8(4-5-12)2-3-10(9)11/h2-3,6,12H,4-5,7H2,1H3. The Hall–Kier alpha value is -0.930. The minimum atomic E-state index is -0.261. The Bertz CT molecular complexity index is 274. The van der Waals surface area contributed by atoms with Crippen LogP contribution in [-0.4, -0.2) is 18.8 Å². The van der Waals surface area contributed by atoms with E-state index in [-0.39, 0.29) is 19.0 Å². The molecule has 0 saturated carbocycles. The summed E-state index contributed by atoms with van der Waals surface area (Å²) in [4.78, 5) is 0. The van der Waals surface area contributed by atoms with Gasteiger partial charge in [-0.25, -0.2) is 4.39 Å². The second-order valence-electron chi connectivity index (χ2n) is 2.83. The molecule has 0 fully saturated rings. The first-order valence-corrected chi connectivity index (χ1v) is 4.15. The number of ether oxygens (including phenoxy) is 1. The van der Waals surface area contributed by atoms with E-state index in [1.165, 1.54) is 13.2 Å². The van der Waals surface area contributed by atoms with Crippen LogP contribution in [0, 0.1) is 5.82 Å². The Morgan fingerprint density at radius 3 is 2.85 bits per heavy atom. The molecule has 1 aromatic carbocycles. The summed E-state index contributed by atoms with van der Waals surface area (Å²) in [5.41, 5.74) is 1.46. The molecule has 0 bridgehead atoms. The monoisotopic (exact) mass is 184 g/mol. The van der Waals surface area contributed by atoms with Crippen molar-refractivity contribution in [2.24, 2.45) is 0 Å². The molecule has 0 spiro atoms. The number of halogens is 1. The van der Waals surface area contributed by atoms with Crippen molar-refractivity contribution < 1.29 is 14.2 Å². The van der Waals surface area contributed by atoms with Crippen LogP contribution in [0.3, 0.4) is 0 Å². The Morgan fingerprint density at radius 2 is 2.23 bits per heavy atom. The van der Waals surface area contributed by atoms with Gasteiger partial charge in [0.05, 0.1) is 6.61 Å². The molecule has 0 heterocycles. The lowest BCUT2D eigenvalue weighted by Crippen LogP contribution is -1.97. The summed E-state index contributed by atoms with van der Waals surface area (Å²) >= 11 is 0. The van der Waals surface area contributed by atoms with Crippen molar-refractivity contribution in [3.05, 3.63) is 35.1 Å². The van der Waals surface area contributed by atoms with Gasteiger partial charge in [-0.05, 0) is 18.1 Å². The highest BCUT2D eigenvalue weighted by Gasteiger charge is 2.02. The van der Waals surface area contributed by atoms with Gasteiger partial charge in [-0.3, -0.25) is 0 Å². The summed E-state index contributed by atoms with van der Waals surface area (Å²) < 4.78 is 17.9. The summed E-state index contributed by atoms with van der Waals surface area (Å²) in [5, 5.41) is 8.68. The van der Waals surface area contributed by atoms with Gasteiger partial charge in [-0.15, -0.1) is 0 Å². The Morgan fingerprint density at radius 1 is 1.46 bits per heavy atom. The molecule has 0 aliphatic carbocycles. The van der Waals surface area contributed by atoms with Gasteiger partial charge in [0.2, 0.25) is 0 Å². The molecular formula is C10H13FO2. The maximum absolute atomic E-state index is 13.1. The predicted octanol–water partition coefficient (Wildman–Crippen LogP) is 1.51. The third kappa shape index (κ3) is 2.79.